The first-order valence-corrected chi connectivity index (χ1v) is 13.5. The normalized spacial score (nSPS) is 35.5. The zero-order chi connectivity index (χ0) is 24.8. The topological polar surface area (TPSA) is 76.1 Å². The molecule has 3 aliphatic heterocycles. The van der Waals surface area contributed by atoms with Gasteiger partial charge in [0.25, 0.3) is 0 Å². The van der Waals surface area contributed by atoms with Gasteiger partial charge < -0.3 is 14.9 Å². The van der Waals surface area contributed by atoms with E-state index < -0.39 is 11.6 Å². The molecule has 7 nitrogen and oxygen atoms in total. The Hall–Kier alpha value is -2.61. The Morgan fingerprint density at radius 1 is 1.14 bits per heavy atom. The second-order valence-electron chi connectivity index (χ2n) is 11.4. The molecule has 2 amide bonds. The highest BCUT2D eigenvalue weighted by molar-refractivity contribution is 6.34. The highest BCUT2D eigenvalue weighted by atomic mass is 35.5. The van der Waals surface area contributed by atoms with Crippen molar-refractivity contribution in [1.82, 2.24) is 20.2 Å². The summed E-state index contributed by atoms with van der Waals surface area (Å²) in [6.45, 7) is 2.70. The third-order valence-electron chi connectivity index (χ3n) is 8.93. The van der Waals surface area contributed by atoms with E-state index in [0.29, 0.717) is 35.9 Å². The standard InChI is InChI=1S/C28H31ClN4O3/c1-28(27(36)31-9-10-32(24(34)15-31)22-14-19-11-20(19)25(22)35)26(29)23-13-18(16-7-8-16)12-21(33(23)30-28)17-5-3-2-4-6-17/h2-6,12-13,16,19-20,22,25,30,35H,7-11,14-15H2,1H3. The minimum Gasteiger partial charge on any atom is -0.391 e. The molecule has 5 unspecified atom stereocenters. The summed E-state index contributed by atoms with van der Waals surface area (Å²) in [6.07, 6.45) is 8.17. The summed E-state index contributed by atoms with van der Waals surface area (Å²) < 4.78 is 0. The van der Waals surface area contributed by atoms with Crippen LogP contribution >= 0.6 is 11.6 Å². The van der Waals surface area contributed by atoms with Crippen molar-refractivity contribution in [3.05, 3.63) is 64.3 Å². The minimum absolute atomic E-state index is 0.0126. The van der Waals surface area contributed by atoms with Gasteiger partial charge in [-0.1, -0.05) is 41.9 Å². The summed E-state index contributed by atoms with van der Waals surface area (Å²) in [6, 6.07) is 10.0. The van der Waals surface area contributed by atoms with Crippen LogP contribution in [0.5, 0.6) is 0 Å². The Bertz CT molecular complexity index is 1240. The number of hydrazine groups is 1. The fraction of sp³-hybridized carbons (Fsp3) is 0.500. The number of carbonyl (C=O) groups excluding carboxylic acids is 2. The number of amides is 2. The maximum Gasteiger partial charge on any atom is 0.250 e. The number of nitrogens with one attached hydrogen (secondary N) is 1. The van der Waals surface area contributed by atoms with Gasteiger partial charge in [0.15, 0.2) is 5.54 Å². The van der Waals surface area contributed by atoms with E-state index in [-0.39, 0.29) is 24.4 Å². The van der Waals surface area contributed by atoms with Crippen LogP contribution in [0.3, 0.4) is 0 Å². The number of nitrogens with zero attached hydrogens (tertiary/aromatic N) is 3. The van der Waals surface area contributed by atoms with Gasteiger partial charge >= 0.3 is 0 Å². The van der Waals surface area contributed by atoms with Crippen LogP contribution in [0.1, 0.15) is 38.2 Å². The zero-order valence-corrected chi connectivity index (χ0v) is 21.1. The smallest absolute Gasteiger partial charge is 0.250 e. The average Bonchev–Trinajstić information content (AvgIpc) is 3.81. The van der Waals surface area contributed by atoms with Crippen molar-refractivity contribution in [1.29, 1.82) is 0 Å². The molecule has 0 radical (unpaired) electrons. The van der Waals surface area contributed by atoms with Gasteiger partial charge in [0.05, 0.1) is 35.1 Å². The molecule has 8 heteroatoms. The number of aliphatic hydroxyl groups is 1. The Balaban J connectivity index is 1.14. The van der Waals surface area contributed by atoms with Gasteiger partial charge in [-0.2, -0.15) is 0 Å². The molecule has 7 rings (SSSR count). The molecule has 3 saturated carbocycles. The first-order chi connectivity index (χ1) is 17.3. The quantitative estimate of drug-likeness (QED) is 0.657. The van der Waals surface area contributed by atoms with Crippen molar-refractivity contribution in [2.75, 3.05) is 19.6 Å². The van der Waals surface area contributed by atoms with Gasteiger partial charge in [0.2, 0.25) is 11.8 Å². The largest absolute Gasteiger partial charge is 0.391 e. The molecule has 5 atom stereocenters. The second-order valence-corrected chi connectivity index (χ2v) is 11.7. The van der Waals surface area contributed by atoms with E-state index in [1.807, 2.05) is 23.2 Å². The van der Waals surface area contributed by atoms with Crippen molar-refractivity contribution in [2.24, 2.45) is 17.8 Å². The fourth-order valence-electron chi connectivity index (χ4n) is 6.58. The second kappa shape index (κ2) is 7.94. The number of piperazine rings is 1. The number of aliphatic hydroxyl groups excluding tert-OH is 1. The lowest BCUT2D eigenvalue weighted by molar-refractivity contribution is -0.151. The third-order valence-corrected chi connectivity index (χ3v) is 9.50. The third kappa shape index (κ3) is 3.40. The molecule has 36 heavy (non-hydrogen) atoms. The van der Waals surface area contributed by atoms with E-state index in [2.05, 4.69) is 29.7 Å². The number of carbonyl (C=O) groups is 2. The van der Waals surface area contributed by atoms with E-state index in [0.717, 1.165) is 29.8 Å². The molecule has 6 aliphatic rings. The molecule has 1 aromatic rings. The summed E-state index contributed by atoms with van der Waals surface area (Å²) in [7, 11) is 0. The number of benzene rings is 1. The van der Waals surface area contributed by atoms with Crippen LogP contribution < -0.4 is 5.43 Å². The molecule has 188 valence electrons. The summed E-state index contributed by atoms with van der Waals surface area (Å²) in [4.78, 5) is 30.4. The number of hydrogen-bond acceptors (Lipinski definition) is 5. The molecular formula is C28H31ClN4O3. The molecule has 3 aliphatic carbocycles. The Labute approximate surface area is 216 Å². The lowest BCUT2D eigenvalue weighted by atomic mass is 9.97. The van der Waals surface area contributed by atoms with Gasteiger partial charge in [-0.15, -0.1) is 0 Å². The molecule has 2 N–H and O–H groups in total. The van der Waals surface area contributed by atoms with Gasteiger partial charge in [-0.3, -0.25) is 14.6 Å². The van der Waals surface area contributed by atoms with E-state index in [4.69, 9.17) is 11.6 Å². The number of allylic oxidation sites excluding steroid dienone is 3. The zero-order valence-electron chi connectivity index (χ0n) is 20.4. The fourth-order valence-corrected chi connectivity index (χ4v) is 6.84. The van der Waals surface area contributed by atoms with Crippen molar-refractivity contribution in [3.8, 4) is 0 Å². The monoisotopic (exact) mass is 506 g/mol. The minimum atomic E-state index is -1.17. The van der Waals surface area contributed by atoms with Crippen LogP contribution in [0.4, 0.5) is 0 Å². The summed E-state index contributed by atoms with van der Waals surface area (Å²) in [5.41, 5.74) is 6.30. The molecule has 0 bridgehead atoms. The number of rotatable bonds is 4. The molecule has 0 spiro atoms. The maximum atomic E-state index is 13.9. The van der Waals surface area contributed by atoms with Crippen LogP contribution in [-0.2, 0) is 9.59 Å². The molecular weight excluding hydrogens is 476 g/mol. The van der Waals surface area contributed by atoms with E-state index in [9.17, 15) is 14.7 Å². The van der Waals surface area contributed by atoms with Crippen molar-refractivity contribution >= 4 is 29.1 Å². The SMILES string of the molecule is CC1(C(=O)N2CCN(C3CC4CC4C3O)C(=O)C2)NN2C(c3ccccc3)=CC(C3CC3)=CC2=C1Cl. The van der Waals surface area contributed by atoms with Crippen LogP contribution in [0, 0.1) is 17.8 Å². The van der Waals surface area contributed by atoms with Crippen LogP contribution in [-0.4, -0.2) is 69.0 Å². The maximum absolute atomic E-state index is 13.9. The molecule has 3 heterocycles. The Morgan fingerprint density at radius 3 is 2.58 bits per heavy atom. The van der Waals surface area contributed by atoms with Gasteiger partial charge in [0, 0.05) is 13.1 Å². The average molecular weight is 507 g/mol. The Kier molecular flexibility index (Phi) is 4.98. The van der Waals surface area contributed by atoms with Crippen molar-refractivity contribution in [3.63, 3.8) is 0 Å². The van der Waals surface area contributed by atoms with Crippen molar-refractivity contribution in [2.45, 2.75) is 50.3 Å². The van der Waals surface area contributed by atoms with Crippen LogP contribution in [0.15, 0.2) is 58.8 Å². The summed E-state index contributed by atoms with van der Waals surface area (Å²) in [5.74, 6) is 1.15. The lowest BCUT2D eigenvalue weighted by Gasteiger charge is -2.42. The predicted octanol–water partition coefficient (Wildman–Crippen LogP) is 2.85. The summed E-state index contributed by atoms with van der Waals surface area (Å²) >= 11 is 6.99. The highest BCUT2D eigenvalue weighted by Crippen LogP contribution is 2.53. The molecule has 1 saturated heterocycles. The van der Waals surface area contributed by atoms with Gasteiger partial charge in [-0.05, 0) is 73.6 Å². The number of halogens is 1. The first kappa shape index (κ1) is 22.6. The van der Waals surface area contributed by atoms with Crippen LogP contribution in [0.2, 0.25) is 0 Å². The summed E-state index contributed by atoms with van der Waals surface area (Å²) in [5, 5.41) is 13.0. The van der Waals surface area contributed by atoms with E-state index in [1.165, 1.54) is 18.4 Å². The molecule has 4 fully saturated rings. The highest BCUT2D eigenvalue weighted by Gasteiger charge is 2.56. The predicted molar refractivity (Wildman–Crippen MR) is 136 cm³/mol. The van der Waals surface area contributed by atoms with Gasteiger partial charge in [-0.25, -0.2) is 5.43 Å². The Morgan fingerprint density at radius 2 is 1.92 bits per heavy atom. The number of hydrogen-bond donors (Lipinski definition) is 2. The lowest BCUT2D eigenvalue weighted by Crippen LogP contribution is -2.63. The van der Waals surface area contributed by atoms with Crippen molar-refractivity contribution < 1.29 is 14.7 Å². The van der Waals surface area contributed by atoms with Crippen LogP contribution in [0.25, 0.3) is 5.70 Å². The molecule has 0 aromatic heterocycles. The van der Waals surface area contributed by atoms with E-state index >= 15 is 0 Å². The molecule has 1 aromatic carbocycles. The number of fused-ring (bicyclic) bond motifs is 2. The van der Waals surface area contributed by atoms with E-state index in [1.54, 1.807) is 16.7 Å². The van der Waals surface area contributed by atoms with Gasteiger partial charge in [0.1, 0.15) is 0 Å². The first-order valence-electron chi connectivity index (χ1n) is 13.1.